The molecule has 3 rings (SSSR count). The third kappa shape index (κ3) is 2.90. The standard InChI is InChI=1S/C18H19N3O6/c1-20-16(22)13-12(9-19-20)14(17(23)26-3)21(15(13)18(24)27-4)10-5-7-11(25-2)8-6-10/h5-9,14-15H,1-4H3/t14-,15-/m0/s1. The summed E-state index contributed by atoms with van der Waals surface area (Å²) in [5.74, 6) is -0.674. The molecule has 0 saturated heterocycles. The van der Waals surface area contributed by atoms with Crippen molar-refractivity contribution in [3.8, 4) is 5.75 Å². The minimum atomic E-state index is -1.11. The van der Waals surface area contributed by atoms with Crippen LogP contribution < -0.4 is 15.2 Å². The van der Waals surface area contributed by atoms with Gasteiger partial charge in [-0.3, -0.25) is 4.79 Å². The molecule has 9 heteroatoms. The summed E-state index contributed by atoms with van der Waals surface area (Å²) in [5.41, 5.74) is 0.509. The third-order valence-electron chi connectivity index (χ3n) is 4.55. The quantitative estimate of drug-likeness (QED) is 0.724. The SMILES string of the molecule is COC(=O)[C@@H]1c2cnn(C)c(=O)c2[C@@H](C(=O)OC)N1c1ccc(OC)cc1. The van der Waals surface area contributed by atoms with Gasteiger partial charge in [0.1, 0.15) is 5.75 Å². The van der Waals surface area contributed by atoms with Gasteiger partial charge in [0.05, 0.1) is 33.1 Å². The highest BCUT2D eigenvalue weighted by Gasteiger charge is 2.49. The second kappa shape index (κ2) is 7.10. The van der Waals surface area contributed by atoms with Crippen LogP contribution in [0.3, 0.4) is 0 Å². The molecule has 2 atom stereocenters. The van der Waals surface area contributed by atoms with E-state index >= 15 is 0 Å². The van der Waals surface area contributed by atoms with E-state index in [4.69, 9.17) is 14.2 Å². The Morgan fingerprint density at radius 2 is 1.59 bits per heavy atom. The number of nitrogens with zero attached hydrogens (tertiary/aromatic N) is 3. The molecule has 1 aromatic carbocycles. The van der Waals surface area contributed by atoms with Crippen molar-refractivity contribution in [3.63, 3.8) is 0 Å². The normalized spacial score (nSPS) is 18.0. The zero-order valence-electron chi connectivity index (χ0n) is 15.3. The number of anilines is 1. The summed E-state index contributed by atoms with van der Waals surface area (Å²) in [5, 5.41) is 3.99. The number of rotatable bonds is 4. The molecule has 0 N–H and O–H groups in total. The van der Waals surface area contributed by atoms with Crippen LogP contribution >= 0.6 is 0 Å². The highest BCUT2D eigenvalue weighted by atomic mass is 16.5. The van der Waals surface area contributed by atoms with Crippen LogP contribution in [0.5, 0.6) is 5.75 Å². The molecule has 27 heavy (non-hydrogen) atoms. The molecular weight excluding hydrogens is 354 g/mol. The van der Waals surface area contributed by atoms with Crippen LogP contribution in [0, 0.1) is 0 Å². The van der Waals surface area contributed by atoms with Crippen molar-refractivity contribution in [2.24, 2.45) is 7.05 Å². The number of hydrogen-bond donors (Lipinski definition) is 0. The van der Waals surface area contributed by atoms with Gasteiger partial charge in [-0.1, -0.05) is 0 Å². The highest BCUT2D eigenvalue weighted by Crippen LogP contribution is 2.44. The molecule has 9 nitrogen and oxygen atoms in total. The van der Waals surface area contributed by atoms with Gasteiger partial charge >= 0.3 is 11.9 Å². The summed E-state index contributed by atoms with van der Waals surface area (Å²) < 4.78 is 16.1. The Kier molecular flexibility index (Phi) is 4.85. The Balaban J connectivity index is 2.26. The lowest BCUT2D eigenvalue weighted by atomic mass is 10.1. The van der Waals surface area contributed by atoms with E-state index in [0.717, 1.165) is 4.68 Å². The number of esters is 2. The molecule has 1 aromatic heterocycles. The molecule has 0 unspecified atom stereocenters. The number of carbonyl (C=O) groups excluding carboxylic acids is 2. The van der Waals surface area contributed by atoms with Crippen molar-refractivity contribution in [2.45, 2.75) is 12.1 Å². The number of benzene rings is 1. The number of carbonyl (C=O) groups is 2. The summed E-state index contributed by atoms with van der Waals surface area (Å²) in [6, 6.07) is 4.64. The van der Waals surface area contributed by atoms with Crippen LogP contribution in [0.1, 0.15) is 23.2 Å². The molecule has 2 heterocycles. The predicted molar refractivity (Wildman–Crippen MR) is 94.5 cm³/mol. The monoisotopic (exact) mass is 373 g/mol. The Hall–Kier alpha value is -3.36. The van der Waals surface area contributed by atoms with E-state index in [2.05, 4.69) is 5.10 Å². The smallest absolute Gasteiger partial charge is 0.333 e. The van der Waals surface area contributed by atoms with E-state index in [1.165, 1.54) is 39.5 Å². The average molecular weight is 373 g/mol. The molecule has 0 amide bonds. The maximum atomic E-state index is 12.7. The van der Waals surface area contributed by atoms with E-state index < -0.39 is 29.6 Å². The second-order valence-electron chi connectivity index (χ2n) is 5.90. The molecule has 0 radical (unpaired) electrons. The number of fused-ring (bicyclic) bond motifs is 1. The molecule has 0 fully saturated rings. The number of aromatic nitrogens is 2. The topological polar surface area (TPSA) is 100.0 Å². The Morgan fingerprint density at radius 3 is 2.15 bits per heavy atom. The van der Waals surface area contributed by atoms with Crippen molar-refractivity contribution in [1.29, 1.82) is 0 Å². The molecular formula is C18H19N3O6. The van der Waals surface area contributed by atoms with Gasteiger partial charge in [-0.15, -0.1) is 0 Å². The number of aryl methyl sites for hydroxylation is 1. The Bertz CT molecular complexity index is 937. The molecule has 0 spiro atoms. The van der Waals surface area contributed by atoms with Crippen molar-refractivity contribution < 1.29 is 23.8 Å². The lowest BCUT2D eigenvalue weighted by Crippen LogP contribution is -2.37. The summed E-state index contributed by atoms with van der Waals surface area (Å²) in [6.07, 6.45) is 1.40. The van der Waals surface area contributed by atoms with E-state index in [0.29, 0.717) is 17.0 Å². The summed E-state index contributed by atoms with van der Waals surface area (Å²) in [7, 11) is 5.48. The fourth-order valence-electron chi connectivity index (χ4n) is 3.25. The zero-order chi connectivity index (χ0) is 19.7. The van der Waals surface area contributed by atoms with E-state index in [1.54, 1.807) is 24.3 Å². The average Bonchev–Trinajstić information content (AvgIpc) is 3.05. The molecule has 1 aliphatic rings. The van der Waals surface area contributed by atoms with Crippen LogP contribution in [0.25, 0.3) is 0 Å². The van der Waals surface area contributed by atoms with Crippen LogP contribution in [0.2, 0.25) is 0 Å². The largest absolute Gasteiger partial charge is 0.497 e. The fraction of sp³-hybridized carbons (Fsp3) is 0.333. The predicted octanol–water partition coefficient (Wildman–Crippen LogP) is 0.737. The summed E-state index contributed by atoms with van der Waals surface area (Å²) in [4.78, 5) is 39.4. The molecule has 142 valence electrons. The van der Waals surface area contributed by atoms with Crippen molar-refractivity contribution in [3.05, 3.63) is 51.9 Å². The Morgan fingerprint density at radius 1 is 1.00 bits per heavy atom. The minimum Gasteiger partial charge on any atom is -0.497 e. The van der Waals surface area contributed by atoms with Crippen molar-refractivity contribution in [2.75, 3.05) is 26.2 Å². The van der Waals surface area contributed by atoms with E-state index in [-0.39, 0.29) is 5.56 Å². The number of hydrogen-bond acceptors (Lipinski definition) is 8. The minimum absolute atomic E-state index is 0.144. The molecule has 0 bridgehead atoms. The molecule has 2 aromatic rings. The van der Waals surface area contributed by atoms with Gasteiger partial charge in [0, 0.05) is 18.3 Å². The van der Waals surface area contributed by atoms with Gasteiger partial charge < -0.3 is 19.1 Å². The Labute approximate surface area is 155 Å². The lowest BCUT2D eigenvalue weighted by Gasteiger charge is -2.29. The van der Waals surface area contributed by atoms with Gasteiger partial charge in [0.15, 0.2) is 12.1 Å². The van der Waals surface area contributed by atoms with Gasteiger partial charge in [0.25, 0.3) is 5.56 Å². The van der Waals surface area contributed by atoms with E-state index in [1.807, 2.05) is 0 Å². The van der Waals surface area contributed by atoms with Crippen molar-refractivity contribution in [1.82, 2.24) is 9.78 Å². The lowest BCUT2D eigenvalue weighted by molar-refractivity contribution is -0.144. The molecule has 0 aliphatic carbocycles. The zero-order valence-corrected chi connectivity index (χ0v) is 15.3. The van der Waals surface area contributed by atoms with Gasteiger partial charge in [-0.2, -0.15) is 5.10 Å². The fourth-order valence-corrected chi connectivity index (χ4v) is 3.25. The van der Waals surface area contributed by atoms with E-state index in [9.17, 15) is 14.4 Å². The van der Waals surface area contributed by atoms with Gasteiger partial charge in [-0.05, 0) is 24.3 Å². The summed E-state index contributed by atoms with van der Waals surface area (Å²) in [6.45, 7) is 0. The van der Waals surface area contributed by atoms with Crippen molar-refractivity contribution >= 4 is 17.6 Å². The maximum Gasteiger partial charge on any atom is 0.333 e. The van der Waals surface area contributed by atoms with Crippen LogP contribution in [0.4, 0.5) is 5.69 Å². The van der Waals surface area contributed by atoms with Crippen LogP contribution in [0.15, 0.2) is 35.3 Å². The number of ether oxygens (including phenoxy) is 3. The molecule has 1 aliphatic heterocycles. The third-order valence-corrected chi connectivity index (χ3v) is 4.55. The molecule has 0 saturated carbocycles. The first-order valence-corrected chi connectivity index (χ1v) is 8.08. The first-order valence-electron chi connectivity index (χ1n) is 8.08. The van der Waals surface area contributed by atoms with Crippen LogP contribution in [-0.4, -0.2) is 43.0 Å². The van der Waals surface area contributed by atoms with Crippen LogP contribution in [-0.2, 0) is 26.1 Å². The first-order chi connectivity index (χ1) is 12.9. The maximum absolute atomic E-state index is 12.7. The first kappa shape index (κ1) is 18.4. The summed E-state index contributed by atoms with van der Waals surface area (Å²) >= 11 is 0. The number of methoxy groups -OCH3 is 3. The second-order valence-corrected chi connectivity index (χ2v) is 5.90. The van der Waals surface area contributed by atoms with Gasteiger partial charge in [0.2, 0.25) is 0 Å². The van der Waals surface area contributed by atoms with Gasteiger partial charge in [-0.25, -0.2) is 14.3 Å². The highest BCUT2D eigenvalue weighted by molar-refractivity contribution is 5.92.